The fraction of sp³-hybridized carbons (Fsp3) is 0.348. The number of carbonyl (C=O) groups excluding carboxylic acids is 1. The van der Waals surface area contributed by atoms with Gasteiger partial charge < -0.3 is 10.2 Å². The molecule has 0 spiro atoms. The van der Waals surface area contributed by atoms with Crippen LogP contribution in [-0.2, 0) is 0 Å². The second-order valence-corrected chi connectivity index (χ2v) is 7.91. The van der Waals surface area contributed by atoms with Crippen LogP contribution in [0.3, 0.4) is 0 Å². The van der Waals surface area contributed by atoms with E-state index in [1.807, 2.05) is 55.4 Å². The van der Waals surface area contributed by atoms with E-state index in [4.69, 9.17) is 0 Å². The van der Waals surface area contributed by atoms with Crippen LogP contribution in [0.1, 0.15) is 23.2 Å². The largest absolute Gasteiger partial charge is 0.378 e. The van der Waals surface area contributed by atoms with E-state index in [0.29, 0.717) is 17.4 Å². The molecule has 2 aromatic rings. The Hall–Kier alpha value is -2.95. The number of anilines is 1. The Morgan fingerprint density at radius 1 is 0.964 bits per heavy atom. The maximum atomic E-state index is 12.4. The van der Waals surface area contributed by atoms with Gasteiger partial charge in [-0.1, -0.05) is 12.2 Å². The van der Waals surface area contributed by atoms with E-state index in [1.54, 1.807) is 12.1 Å². The van der Waals surface area contributed by atoms with Crippen molar-refractivity contribution in [2.24, 2.45) is 28.0 Å². The summed E-state index contributed by atoms with van der Waals surface area (Å²) in [7, 11) is 4.01. The lowest BCUT2D eigenvalue weighted by molar-refractivity contribution is 0.0945. The van der Waals surface area contributed by atoms with Gasteiger partial charge in [0.05, 0.1) is 11.4 Å². The first-order valence-corrected chi connectivity index (χ1v) is 9.84. The Balaban J connectivity index is 1.31. The quantitative estimate of drug-likeness (QED) is 0.564. The van der Waals surface area contributed by atoms with Crippen molar-refractivity contribution in [1.29, 1.82) is 0 Å². The Morgan fingerprint density at radius 3 is 2.14 bits per heavy atom. The third kappa shape index (κ3) is 4.14. The van der Waals surface area contributed by atoms with Gasteiger partial charge in [0.2, 0.25) is 0 Å². The summed E-state index contributed by atoms with van der Waals surface area (Å²) in [5.41, 5.74) is 3.31. The molecule has 2 bridgehead atoms. The number of carbonyl (C=O) groups is 1. The van der Waals surface area contributed by atoms with E-state index in [1.165, 1.54) is 12.8 Å². The molecule has 5 nitrogen and oxygen atoms in total. The monoisotopic (exact) mass is 374 g/mol. The van der Waals surface area contributed by atoms with E-state index in [0.717, 1.165) is 29.5 Å². The Bertz CT molecular complexity index is 884. The van der Waals surface area contributed by atoms with Crippen LogP contribution in [0.5, 0.6) is 0 Å². The minimum Gasteiger partial charge on any atom is -0.378 e. The minimum atomic E-state index is -0.0190. The number of benzene rings is 2. The molecule has 2 aliphatic carbocycles. The van der Waals surface area contributed by atoms with Gasteiger partial charge in [0.15, 0.2) is 0 Å². The molecule has 2 aromatic carbocycles. The smallest absolute Gasteiger partial charge is 0.251 e. The zero-order valence-electron chi connectivity index (χ0n) is 16.4. The highest BCUT2D eigenvalue weighted by molar-refractivity contribution is 5.94. The van der Waals surface area contributed by atoms with Gasteiger partial charge in [0.1, 0.15) is 0 Å². The first-order valence-electron chi connectivity index (χ1n) is 9.84. The maximum absolute atomic E-state index is 12.4. The molecule has 2 unspecified atom stereocenters. The van der Waals surface area contributed by atoms with Crippen LogP contribution in [0.4, 0.5) is 17.1 Å². The van der Waals surface area contributed by atoms with Gasteiger partial charge in [0.25, 0.3) is 5.91 Å². The number of rotatable bonds is 6. The van der Waals surface area contributed by atoms with Crippen molar-refractivity contribution in [3.63, 3.8) is 0 Å². The van der Waals surface area contributed by atoms with Crippen molar-refractivity contribution in [1.82, 2.24) is 5.32 Å². The molecule has 1 amide bonds. The second kappa shape index (κ2) is 7.97. The van der Waals surface area contributed by atoms with Gasteiger partial charge in [-0.3, -0.25) is 4.79 Å². The third-order valence-corrected chi connectivity index (χ3v) is 5.72. The highest BCUT2D eigenvalue weighted by Crippen LogP contribution is 2.42. The molecule has 1 N–H and O–H groups in total. The highest BCUT2D eigenvalue weighted by Gasteiger charge is 2.35. The van der Waals surface area contributed by atoms with Crippen LogP contribution in [-0.4, -0.2) is 26.5 Å². The topological polar surface area (TPSA) is 57.1 Å². The second-order valence-electron chi connectivity index (χ2n) is 7.91. The molecule has 0 aliphatic heterocycles. The summed E-state index contributed by atoms with van der Waals surface area (Å²) in [6.07, 6.45) is 7.11. The molecule has 4 rings (SSSR count). The average Bonchev–Trinajstić information content (AvgIpc) is 3.34. The zero-order chi connectivity index (χ0) is 19.5. The van der Waals surface area contributed by atoms with Crippen LogP contribution < -0.4 is 10.2 Å². The summed E-state index contributed by atoms with van der Waals surface area (Å²) in [6, 6.07) is 15.2. The molecule has 3 atom stereocenters. The summed E-state index contributed by atoms with van der Waals surface area (Å²) in [6.45, 7) is 0.759. The van der Waals surface area contributed by atoms with E-state index < -0.39 is 0 Å². The number of fused-ring (bicyclic) bond motifs is 2. The molecule has 2 aliphatic rings. The summed E-state index contributed by atoms with van der Waals surface area (Å²) < 4.78 is 0. The molecule has 0 saturated heterocycles. The molecule has 1 fully saturated rings. The Labute approximate surface area is 166 Å². The summed E-state index contributed by atoms with van der Waals surface area (Å²) >= 11 is 0. The molecule has 1 saturated carbocycles. The maximum Gasteiger partial charge on any atom is 0.251 e. The van der Waals surface area contributed by atoms with Crippen LogP contribution in [0, 0.1) is 17.8 Å². The first kappa shape index (κ1) is 18.4. The molecule has 144 valence electrons. The fourth-order valence-electron chi connectivity index (χ4n) is 4.07. The molecular weight excluding hydrogens is 348 g/mol. The zero-order valence-corrected chi connectivity index (χ0v) is 16.4. The lowest BCUT2D eigenvalue weighted by atomic mass is 9.93. The lowest BCUT2D eigenvalue weighted by Gasteiger charge is -2.18. The first-order chi connectivity index (χ1) is 13.6. The van der Waals surface area contributed by atoms with Crippen LogP contribution in [0.25, 0.3) is 0 Å². The van der Waals surface area contributed by atoms with Crippen LogP contribution in [0.15, 0.2) is 70.9 Å². The van der Waals surface area contributed by atoms with Crippen LogP contribution >= 0.6 is 0 Å². The number of nitrogens with one attached hydrogen (secondary N) is 1. The van der Waals surface area contributed by atoms with E-state index in [-0.39, 0.29) is 5.91 Å². The standard InChI is InChI=1S/C23H26N4O/c1-27(2)22-11-9-21(10-12-22)26-25-20-7-5-17(6-8-20)23(28)24-15-19-14-16-3-4-18(19)13-16/h3-12,16,18-19H,13-15H2,1-2H3,(H,24,28)/b26-25+/t16?,18?,19-/m1/s1. The van der Waals surface area contributed by atoms with E-state index in [2.05, 4.69) is 27.7 Å². The Morgan fingerprint density at radius 2 is 1.61 bits per heavy atom. The number of allylic oxidation sites excluding steroid dienone is 2. The van der Waals surface area contributed by atoms with Crippen molar-refractivity contribution < 1.29 is 4.79 Å². The predicted molar refractivity (Wildman–Crippen MR) is 113 cm³/mol. The minimum absolute atomic E-state index is 0.0190. The molecule has 28 heavy (non-hydrogen) atoms. The predicted octanol–water partition coefficient (Wildman–Crippen LogP) is 5.11. The van der Waals surface area contributed by atoms with Gasteiger partial charge in [-0.25, -0.2) is 0 Å². The third-order valence-electron chi connectivity index (χ3n) is 5.72. The Kier molecular flexibility index (Phi) is 5.24. The average molecular weight is 374 g/mol. The van der Waals surface area contributed by atoms with Crippen LogP contribution in [0.2, 0.25) is 0 Å². The molecular formula is C23H26N4O. The van der Waals surface area contributed by atoms with Crippen molar-refractivity contribution in [3.8, 4) is 0 Å². The number of nitrogens with zero attached hydrogens (tertiary/aromatic N) is 3. The lowest BCUT2D eigenvalue weighted by Crippen LogP contribution is -2.30. The van der Waals surface area contributed by atoms with Gasteiger partial charge in [-0.05, 0) is 79.1 Å². The number of hydrogen-bond donors (Lipinski definition) is 1. The number of hydrogen-bond acceptors (Lipinski definition) is 4. The van der Waals surface area contributed by atoms with Crippen molar-refractivity contribution in [2.45, 2.75) is 12.8 Å². The van der Waals surface area contributed by atoms with Gasteiger partial charge in [-0.15, -0.1) is 0 Å². The fourth-order valence-corrected chi connectivity index (χ4v) is 4.07. The number of amides is 1. The summed E-state index contributed by atoms with van der Waals surface area (Å²) in [5, 5.41) is 11.6. The molecule has 0 aromatic heterocycles. The van der Waals surface area contributed by atoms with Crippen molar-refractivity contribution >= 4 is 23.0 Å². The summed E-state index contributed by atoms with van der Waals surface area (Å²) in [4.78, 5) is 14.4. The van der Waals surface area contributed by atoms with E-state index in [9.17, 15) is 4.79 Å². The van der Waals surface area contributed by atoms with Gasteiger partial charge in [0, 0.05) is 31.9 Å². The normalized spacial score (nSPS) is 22.7. The molecule has 0 heterocycles. The highest BCUT2D eigenvalue weighted by atomic mass is 16.1. The SMILES string of the molecule is CN(C)c1ccc(/N=N/c2ccc(C(=O)NC[C@H]3CC4C=CC3C4)cc2)cc1. The summed E-state index contributed by atoms with van der Waals surface area (Å²) in [5.74, 6) is 1.95. The van der Waals surface area contributed by atoms with Crippen molar-refractivity contribution in [2.75, 3.05) is 25.5 Å². The van der Waals surface area contributed by atoms with Crippen molar-refractivity contribution in [3.05, 3.63) is 66.2 Å². The van der Waals surface area contributed by atoms with E-state index >= 15 is 0 Å². The van der Waals surface area contributed by atoms with Gasteiger partial charge >= 0.3 is 0 Å². The van der Waals surface area contributed by atoms with Gasteiger partial charge in [-0.2, -0.15) is 10.2 Å². The molecule has 0 radical (unpaired) electrons. The number of azo groups is 1. The molecule has 5 heteroatoms.